The van der Waals surface area contributed by atoms with Gasteiger partial charge in [0, 0.05) is 12.0 Å². The maximum absolute atomic E-state index is 12.5. The van der Waals surface area contributed by atoms with Crippen molar-refractivity contribution in [3.8, 4) is 11.4 Å². The van der Waals surface area contributed by atoms with Crippen molar-refractivity contribution in [1.29, 1.82) is 0 Å². The van der Waals surface area contributed by atoms with Crippen LogP contribution in [0.2, 0.25) is 0 Å². The summed E-state index contributed by atoms with van der Waals surface area (Å²) in [4.78, 5) is 30.4. The van der Waals surface area contributed by atoms with Gasteiger partial charge in [0.1, 0.15) is 20.9 Å². The number of hydrogen-bond donors (Lipinski definition) is 1. The number of nitrogens with one attached hydrogen (secondary N) is 1. The van der Waals surface area contributed by atoms with Gasteiger partial charge in [-0.05, 0) is 30.2 Å². The monoisotopic (exact) mass is 386 g/mol. The van der Waals surface area contributed by atoms with E-state index in [-0.39, 0.29) is 5.56 Å². The molecule has 1 N–H and O–H groups in total. The summed E-state index contributed by atoms with van der Waals surface area (Å²) in [5, 5.41) is 3.22. The summed E-state index contributed by atoms with van der Waals surface area (Å²) in [5.74, 6) is 1.39. The summed E-state index contributed by atoms with van der Waals surface area (Å²) in [6, 6.07) is 14.5. The molecule has 0 aliphatic rings. The first kappa shape index (κ1) is 17.0. The molecule has 0 unspecified atom stereocenters. The van der Waals surface area contributed by atoms with E-state index in [1.165, 1.54) is 16.7 Å². The molecule has 28 heavy (non-hydrogen) atoms. The molecule has 0 atom stereocenters. The molecular formula is C22H18N4OS. The van der Waals surface area contributed by atoms with Crippen LogP contribution in [0, 0.1) is 6.92 Å². The third-order valence-corrected chi connectivity index (χ3v) is 5.98. The second kappa shape index (κ2) is 6.49. The second-order valence-electron chi connectivity index (χ2n) is 6.92. The molecule has 138 valence electrons. The minimum absolute atomic E-state index is 0.0943. The molecule has 0 fully saturated rings. The summed E-state index contributed by atoms with van der Waals surface area (Å²) < 4.78 is 0.614. The molecular weight excluding hydrogens is 368 g/mol. The van der Waals surface area contributed by atoms with Gasteiger partial charge >= 0.3 is 0 Å². The zero-order valence-electron chi connectivity index (χ0n) is 15.6. The molecule has 0 radical (unpaired) electrons. The Bertz CT molecular complexity index is 1420. The number of aromatic amines is 1. The Kier molecular flexibility index (Phi) is 3.94. The zero-order chi connectivity index (χ0) is 19.3. The lowest BCUT2D eigenvalue weighted by atomic mass is 10.1. The van der Waals surface area contributed by atoms with Gasteiger partial charge in [-0.25, -0.2) is 15.0 Å². The molecule has 3 heterocycles. The lowest BCUT2D eigenvalue weighted by molar-refractivity contribution is 0.838. The number of hydrogen-bond acceptors (Lipinski definition) is 5. The minimum Gasteiger partial charge on any atom is -0.309 e. The third kappa shape index (κ3) is 2.68. The van der Waals surface area contributed by atoms with Crippen molar-refractivity contribution in [2.24, 2.45) is 0 Å². The van der Waals surface area contributed by atoms with Crippen molar-refractivity contribution >= 4 is 42.5 Å². The first-order valence-electron chi connectivity index (χ1n) is 9.33. The number of thiophene rings is 1. The quantitative estimate of drug-likeness (QED) is 0.473. The van der Waals surface area contributed by atoms with E-state index in [2.05, 4.69) is 36.2 Å². The normalized spacial score (nSPS) is 11.6. The fourth-order valence-electron chi connectivity index (χ4n) is 3.58. The van der Waals surface area contributed by atoms with Crippen LogP contribution >= 0.6 is 11.3 Å². The highest BCUT2D eigenvalue weighted by Gasteiger charge is 2.17. The summed E-state index contributed by atoms with van der Waals surface area (Å²) >= 11 is 1.38. The molecule has 0 spiro atoms. The molecule has 0 amide bonds. The van der Waals surface area contributed by atoms with E-state index in [0.717, 1.165) is 51.0 Å². The molecule has 5 nitrogen and oxygen atoms in total. The Labute approximate surface area is 165 Å². The van der Waals surface area contributed by atoms with Crippen molar-refractivity contribution in [3.63, 3.8) is 0 Å². The van der Waals surface area contributed by atoms with Gasteiger partial charge in [0.25, 0.3) is 5.56 Å². The van der Waals surface area contributed by atoms with Gasteiger partial charge in [-0.1, -0.05) is 43.3 Å². The Morgan fingerprint density at radius 2 is 1.86 bits per heavy atom. The van der Waals surface area contributed by atoms with Crippen LogP contribution in [0.4, 0.5) is 0 Å². The van der Waals surface area contributed by atoms with Crippen LogP contribution in [0.1, 0.15) is 24.9 Å². The predicted molar refractivity (Wildman–Crippen MR) is 115 cm³/mol. The van der Waals surface area contributed by atoms with Crippen LogP contribution in [0.3, 0.4) is 0 Å². The third-order valence-electron chi connectivity index (χ3n) is 4.91. The number of nitrogens with zero attached hydrogens (tertiary/aromatic N) is 3. The number of rotatable bonds is 3. The number of aryl methyl sites for hydroxylation is 2. The van der Waals surface area contributed by atoms with Gasteiger partial charge in [-0.3, -0.25) is 4.79 Å². The average Bonchev–Trinajstić information content (AvgIpc) is 3.07. The van der Waals surface area contributed by atoms with Crippen LogP contribution in [0.15, 0.2) is 47.3 Å². The first-order valence-corrected chi connectivity index (χ1v) is 10.1. The second-order valence-corrected chi connectivity index (χ2v) is 7.92. The summed E-state index contributed by atoms with van der Waals surface area (Å²) in [6.07, 6.45) is 1.68. The van der Waals surface area contributed by atoms with Gasteiger partial charge in [0.2, 0.25) is 0 Å². The SMILES string of the molecule is CCCc1nc2c(sc3nc(-c4ccc5ccccc5c4)nc(C)c32)c(=O)[nH]1. The molecule has 2 aromatic carbocycles. The smallest absolute Gasteiger partial charge is 0.268 e. The van der Waals surface area contributed by atoms with E-state index >= 15 is 0 Å². The van der Waals surface area contributed by atoms with Gasteiger partial charge < -0.3 is 4.98 Å². The molecule has 0 saturated carbocycles. The zero-order valence-corrected chi connectivity index (χ0v) is 16.4. The first-order chi connectivity index (χ1) is 13.6. The van der Waals surface area contributed by atoms with E-state index in [9.17, 15) is 4.79 Å². The number of benzene rings is 2. The number of H-pyrrole nitrogens is 1. The summed E-state index contributed by atoms with van der Waals surface area (Å²) in [7, 11) is 0. The van der Waals surface area contributed by atoms with Crippen LogP contribution in [-0.4, -0.2) is 19.9 Å². The maximum Gasteiger partial charge on any atom is 0.268 e. The number of aromatic nitrogens is 4. The molecule has 5 aromatic rings. The molecule has 0 aliphatic carbocycles. The van der Waals surface area contributed by atoms with Gasteiger partial charge in [-0.15, -0.1) is 11.3 Å². The Hall–Kier alpha value is -3.12. The number of fused-ring (bicyclic) bond motifs is 4. The topological polar surface area (TPSA) is 71.5 Å². The van der Waals surface area contributed by atoms with Crippen LogP contribution in [0.25, 0.3) is 42.6 Å². The van der Waals surface area contributed by atoms with Gasteiger partial charge in [-0.2, -0.15) is 0 Å². The van der Waals surface area contributed by atoms with Crippen molar-refractivity contribution in [2.45, 2.75) is 26.7 Å². The fraction of sp³-hybridized carbons (Fsp3) is 0.182. The molecule has 6 heteroatoms. The molecule has 0 saturated heterocycles. The van der Waals surface area contributed by atoms with Crippen LogP contribution in [0.5, 0.6) is 0 Å². The van der Waals surface area contributed by atoms with Crippen molar-refractivity contribution in [2.75, 3.05) is 0 Å². The van der Waals surface area contributed by atoms with Crippen LogP contribution in [-0.2, 0) is 6.42 Å². The Morgan fingerprint density at radius 1 is 1.04 bits per heavy atom. The van der Waals surface area contributed by atoms with E-state index < -0.39 is 0 Å². The van der Waals surface area contributed by atoms with E-state index in [1.54, 1.807) is 0 Å². The van der Waals surface area contributed by atoms with Crippen molar-refractivity contribution in [3.05, 3.63) is 64.3 Å². The summed E-state index contributed by atoms with van der Waals surface area (Å²) in [6.45, 7) is 4.03. The van der Waals surface area contributed by atoms with Gasteiger partial charge in [0.05, 0.1) is 11.1 Å². The van der Waals surface area contributed by atoms with Crippen LogP contribution < -0.4 is 5.56 Å². The average molecular weight is 386 g/mol. The highest BCUT2D eigenvalue weighted by molar-refractivity contribution is 7.25. The summed E-state index contributed by atoms with van der Waals surface area (Å²) in [5.41, 5.74) is 2.44. The maximum atomic E-state index is 12.5. The highest BCUT2D eigenvalue weighted by atomic mass is 32.1. The molecule has 0 bridgehead atoms. The minimum atomic E-state index is -0.0943. The standard InChI is InChI=1S/C22H18N4OS/c1-3-6-16-24-18-17-12(2)23-20(26-22(17)28-19(18)21(27)25-16)15-10-9-13-7-4-5-8-14(13)11-15/h4-5,7-11H,3,6H2,1-2H3,(H,24,25,27). The lowest BCUT2D eigenvalue weighted by Gasteiger charge is -2.05. The van der Waals surface area contributed by atoms with Gasteiger partial charge in [0.15, 0.2) is 5.82 Å². The van der Waals surface area contributed by atoms with Crippen molar-refractivity contribution in [1.82, 2.24) is 19.9 Å². The van der Waals surface area contributed by atoms with E-state index in [1.807, 2.05) is 25.1 Å². The lowest BCUT2D eigenvalue weighted by Crippen LogP contribution is -2.10. The van der Waals surface area contributed by atoms with Crippen molar-refractivity contribution < 1.29 is 0 Å². The fourth-order valence-corrected chi connectivity index (χ4v) is 4.64. The molecule has 0 aliphatic heterocycles. The Balaban J connectivity index is 1.74. The Morgan fingerprint density at radius 3 is 2.68 bits per heavy atom. The van der Waals surface area contributed by atoms with E-state index in [0.29, 0.717) is 10.5 Å². The largest absolute Gasteiger partial charge is 0.309 e. The molecule has 5 rings (SSSR count). The van der Waals surface area contributed by atoms with E-state index in [4.69, 9.17) is 15.0 Å². The molecule has 3 aromatic heterocycles. The predicted octanol–water partition coefficient (Wildman–Crippen LogP) is 5.01. The highest BCUT2D eigenvalue weighted by Crippen LogP contribution is 2.33.